The molecule has 2 heterocycles. The number of ether oxygens (including phenoxy) is 1. The molecular weight excluding hydrogens is 216 g/mol. The number of hydrogen-bond donors (Lipinski definition) is 1. The van der Waals surface area contributed by atoms with Gasteiger partial charge in [-0.25, -0.2) is 0 Å². The highest BCUT2D eigenvalue weighted by molar-refractivity contribution is 4.97. The Morgan fingerprint density at radius 2 is 2.35 bits per heavy atom. The van der Waals surface area contributed by atoms with Crippen molar-refractivity contribution >= 4 is 0 Å². The Hall–Kier alpha value is -0.840. The summed E-state index contributed by atoms with van der Waals surface area (Å²) in [6, 6.07) is 4.44. The average Bonchev–Trinajstić information content (AvgIpc) is 2.82. The maximum atomic E-state index is 5.61. The minimum absolute atomic E-state index is 0.358. The second kappa shape index (κ2) is 6.19. The molecule has 0 amide bonds. The molecule has 1 N–H and O–H groups in total. The standard InChI is InChI=1S/C13H22N2O2/c1-11-10-17-12(2)9-15(11)6-5-14-8-13-4-3-7-16-13/h3-4,7,11-12,14H,5-6,8-10H2,1-2H3. The van der Waals surface area contributed by atoms with Gasteiger partial charge in [0.05, 0.1) is 25.5 Å². The molecule has 17 heavy (non-hydrogen) atoms. The fourth-order valence-corrected chi connectivity index (χ4v) is 2.13. The van der Waals surface area contributed by atoms with E-state index >= 15 is 0 Å². The number of furan rings is 1. The first-order valence-corrected chi connectivity index (χ1v) is 6.34. The highest BCUT2D eigenvalue weighted by Crippen LogP contribution is 2.10. The lowest BCUT2D eigenvalue weighted by molar-refractivity contribution is -0.0486. The third kappa shape index (κ3) is 3.84. The Kier molecular flexibility index (Phi) is 4.59. The molecule has 0 aromatic carbocycles. The van der Waals surface area contributed by atoms with Crippen molar-refractivity contribution < 1.29 is 9.15 Å². The van der Waals surface area contributed by atoms with Gasteiger partial charge in [0.25, 0.3) is 0 Å². The van der Waals surface area contributed by atoms with Crippen LogP contribution in [0.15, 0.2) is 22.8 Å². The van der Waals surface area contributed by atoms with E-state index in [0.29, 0.717) is 12.1 Å². The van der Waals surface area contributed by atoms with E-state index in [4.69, 9.17) is 9.15 Å². The molecule has 96 valence electrons. The molecule has 1 aliphatic heterocycles. The summed E-state index contributed by atoms with van der Waals surface area (Å²) in [5.74, 6) is 0.994. The lowest BCUT2D eigenvalue weighted by Crippen LogP contribution is -2.49. The molecule has 2 atom stereocenters. The Labute approximate surface area is 103 Å². The maximum absolute atomic E-state index is 5.61. The zero-order valence-corrected chi connectivity index (χ0v) is 10.7. The third-order valence-electron chi connectivity index (χ3n) is 3.19. The van der Waals surface area contributed by atoms with Crippen molar-refractivity contribution in [1.29, 1.82) is 0 Å². The smallest absolute Gasteiger partial charge is 0.117 e. The van der Waals surface area contributed by atoms with Crippen LogP contribution in [0, 0.1) is 0 Å². The number of rotatable bonds is 5. The second-order valence-electron chi connectivity index (χ2n) is 4.74. The molecule has 0 radical (unpaired) electrons. The van der Waals surface area contributed by atoms with Gasteiger partial charge < -0.3 is 14.5 Å². The van der Waals surface area contributed by atoms with Gasteiger partial charge in [0.1, 0.15) is 5.76 Å². The van der Waals surface area contributed by atoms with Gasteiger partial charge in [-0.1, -0.05) is 0 Å². The van der Waals surface area contributed by atoms with Crippen LogP contribution in [-0.4, -0.2) is 43.3 Å². The molecule has 1 aromatic heterocycles. The lowest BCUT2D eigenvalue weighted by atomic mass is 10.2. The molecule has 0 spiro atoms. The third-order valence-corrected chi connectivity index (χ3v) is 3.19. The zero-order chi connectivity index (χ0) is 12.1. The number of morpholine rings is 1. The molecule has 0 aliphatic carbocycles. The van der Waals surface area contributed by atoms with Crippen molar-refractivity contribution in [3.63, 3.8) is 0 Å². The van der Waals surface area contributed by atoms with E-state index in [9.17, 15) is 0 Å². The van der Waals surface area contributed by atoms with E-state index in [-0.39, 0.29) is 0 Å². The first-order chi connectivity index (χ1) is 8.25. The van der Waals surface area contributed by atoms with E-state index in [2.05, 4.69) is 24.1 Å². The van der Waals surface area contributed by atoms with Crippen molar-refractivity contribution in [3.05, 3.63) is 24.2 Å². The van der Waals surface area contributed by atoms with Gasteiger partial charge in [-0.05, 0) is 26.0 Å². The summed E-state index contributed by atoms with van der Waals surface area (Å²) >= 11 is 0. The minimum Gasteiger partial charge on any atom is -0.468 e. The SMILES string of the molecule is CC1CN(CCNCc2ccco2)C(C)CO1. The van der Waals surface area contributed by atoms with Gasteiger partial charge >= 0.3 is 0 Å². The molecule has 0 saturated carbocycles. The molecule has 1 aliphatic rings. The van der Waals surface area contributed by atoms with Gasteiger partial charge in [0.2, 0.25) is 0 Å². The largest absolute Gasteiger partial charge is 0.468 e. The molecule has 0 bridgehead atoms. The summed E-state index contributed by atoms with van der Waals surface area (Å²) < 4.78 is 10.9. The lowest BCUT2D eigenvalue weighted by Gasteiger charge is -2.36. The summed E-state index contributed by atoms with van der Waals surface area (Å²) in [5.41, 5.74) is 0. The molecule has 1 saturated heterocycles. The first-order valence-electron chi connectivity index (χ1n) is 6.34. The Morgan fingerprint density at radius 1 is 1.47 bits per heavy atom. The monoisotopic (exact) mass is 238 g/mol. The predicted molar refractivity (Wildman–Crippen MR) is 66.9 cm³/mol. The van der Waals surface area contributed by atoms with Crippen LogP contribution in [0.25, 0.3) is 0 Å². The zero-order valence-electron chi connectivity index (χ0n) is 10.7. The molecule has 2 rings (SSSR count). The molecular formula is C13H22N2O2. The van der Waals surface area contributed by atoms with E-state index < -0.39 is 0 Å². The predicted octanol–water partition coefficient (Wildman–Crippen LogP) is 1.48. The van der Waals surface area contributed by atoms with E-state index in [0.717, 1.165) is 38.5 Å². The minimum atomic E-state index is 0.358. The van der Waals surface area contributed by atoms with Gasteiger partial charge in [0, 0.05) is 25.7 Å². The van der Waals surface area contributed by atoms with Crippen molar-refractivity contribution in [1.82, 2.24) is 10.2 Å². The van der Waals surface area contributed by atoms with Crippen LogP contribution >= 0.6 is 0 Å². The van der Waals surface area contributed by atoms with Crippen molar-refractivity contribution in [2.24, 2.45) is 0 Å². The van der Waals surface area contributed by atoms with Gasteiger partial charge in [-0.2, -0.15) is 0 Å². The molecule has 1 fully saturated rings. The molecule has 1 aromatic rings. The summed E-state index contributed by atoms with van der Waals surface area (Å²) in [7, 11) is 0. The summed E-state index contributed by atoms with van der Waals surface area (Å²) in [6.45, 7) is 9.09. The van der Waals surface area contributed by atoms with Crippen LogP contribution in [0.3, 0.4) is 0 Å². The summed E-state index contributed by atoms with van der Waals surface area (Å²) in [6.07, 6.45) is 2.07. The maximum Gasteiger partial charge on any atom is 0.117 e. The molecule has 4 nitrogen and oxygen atoms in total. The van der Waals surface area contributed by atoms with Crippen molar-refractivity contribution in [2.45, 2.75) is 32.5 Å². The van der Waals surface area contributed by atoms with Crippen LogP contribution in [0.1, 0.15) is 19.6 Å². The highest BCUT2D eigenvalue weighted by Gasteiger charge is 2.22. The average molecular weight is 238 g/mol. The Morgan fingerprint density at radius 3 is 3.12 bits per heavy atom. The number of hydrogen-bond acceptors (Lipinski definition) is 4. The number of nitrogens with one attached hydrogen (secondary N) is 1. The fourth-order valence-electron chi connectivity index (χ4n) is 2.13. The Balaban J connectivity index is 1.64. The van der Waals surface area contributed by atoms with Crippen LogP contribution in [0.4, 0.5) is 0 Å². The molecule has 4 heteroatoms. The fraction of sp³-hybridized carbons (Fsp3) is 0.692. The summed E-state index contributed by atoms with van der Waals surface area (Å²) in [4.78, 5) is 2.48. The van der Waals surface area contributed by atoms with E-state index in [1.807, 2.05) is 12.1 Å². The van der Waals surface area contributed by atoms with Crippen LogP contribution in [0.2, 0.25) is 0 Å². The van der Waals surface area contributed by atoms with Crippen LogP contribution < -0.4 is 5.32 Å². The second-order valence-corrected chi connectivity index (χ2v) is 4.74. The highest BCUT2D eigenvalue weighted by atomic mass is 16.5. The van der Waals surface area contributed by atoms with Crippen LogP contribution in [-0.2, 0) is 11.3 Å². The van der Waals surface area contributed by atoms with E-state index in [1.54, 1.807) is 6.26 Å². The van der Waals surface area contributed by atoms with Gasteiger partial charge in [-0.3, -0.25) is 4.90 Å². The van der Waals surface area contributed by atoms with E-state index in [1.165, 1.54) is 0 Å². The quantitative estimate of drug-likeness (QED) is 0.788. The summed E-state index contributed by atoms with van der Waals surface area (Å²) in [5, 5.41) is 3.39. The van der Waals surface area contributed by atoms with Crippen LogP contribution in [0.5, 0.6) is 0 Å². The van der Waals surface area contributed by atoms with Crippen molar-refractivity contribution in [3.8, 4) is 0 Å². The Bertz CT molecular complexity index is 313. The number of nitrogens with zero attached hydrogens (tertiary/aromatic N) is 1. The van der Waals surface area contributed by atoms with Gasteiger partial charge in [-0.15, -0.1) is 0 Å². The molecule has 2 unspecified atom stereocenters. The first kappa shape index (κ1) is 12.6. The normalized spacial score (nSPS) is 26.2. The van der Waals surface area contributed by atoms with Gasteiger partial charge in [0.15, 0.2) is 0 Å². The topological polar surface area (TPSA) is 37.6 Å². The van der Waals surface area contributed by atoms with Crippen molar-refractivity contribution in [2.75, 3.05) is 26.2 Å².